The molecule has 0 aliphatic rings. The molecular formula is C20H20ClNO4. The number of H-pyrrole nitrogens is 1. The monoisotopic (exact) mass is 373 g/mol. The Morgan fingerprint density at radius 1 is 1.08 bits per heavy atom. The van der Waals surface area contributed by atoms with Gasteiger partial charge >= 0.3 is 11.9 Å². The van der Waals surface area contributed by atoms with Gasteiger partial charge in [-0.25, -0.2) is 0 Å². The Labute approximate surface area is 155 Å². The smallest absolute Gasteiger partial charge is 0.318 e. The number of aromatic nitrogens is 1. The third kappa shape index (κ3) is 3.27. The highest BCUT2D eigenvalue weighted by atomic mass is 35.5. The van der Waals surface area contributed by atoms with E-state index in [1.807, 2.05) is 50.2 Å². The molecule has 0 bridgehead atoms. The summed E-state index contributed by atoms with van der Waals surface area (Å²) in [5.74, 6) is -1.93. The van der Waals surface area contributed by atoms with Crippen LogP contribution >= 0.6 is 11.6 Å². The second kappa shape index (κ2) is 7.00. The molecule has 0 aliphatic carbocycles. The summed E-state index contributed by atoms with van der Waals surface area (Å²) in [6.45, 7) is 3.85. The van der Waals surface area contributed by atoms with Crippen molar-refractivity contribution in [1.29, 1.82) is 0 Å². The van der Waals surface area contributed by atoms with Gasteiger partial charge in [0.05, 0.1) is 0 Å². The van der Waals surface area contributed by atoms with E-state index in [9.17, 15) is 9.59 Å². The molecule has 0 aliphatic heterocycles. The van der Waals surface area contributed by atoms with Crippen molar-refractivity contribution in [2.45, 2.75) is 38.7 Å². The first-order chi connectivity index (χ1) is 12.4. The number of carbonyl (C=O) groups is 2. The maximum atomic E-state index is 12.0. The van der Waals surface area contributed by atoms with Crippen molar-refractivity contribution < 1.29 is 19.4 Å². The largest absolute Gasteiger partial charge is 0.481 e. The van der Waals surface area contributed by atoms with Crippen LogP contribution in [0.2, 0.25) is 5.02 Å². The van der Waals surface area contributed by atoms with Crippen LogP contribution in [0, 0.1) is 0 Å². The first-order valence-corrected chi connectivity index (χ1v) is 8.91. The van der Waals surface area contributed by atoms with Crippen LogP contribution in [0.1, 0.15) is 38.7 Å². The zero-order valence-electron chi connectivity index (χ0n) is 14.6. The predicted octanol–water partition coefficient (Wildman–Crippen LogP) is 5.01. The van der Waals surface area contributed by atoms with Gasteiger partial charge in [0.1, 0.15) is 12.0 Å². The summed E-state index contributed by atoms with van der Waals surface area (Å²) in [5.41, 5.74) is 1.88. The van der Waals surface area contributed by atoms with Crippen LogP contribution in [-0.2, 0) is 19.9 Å². The van der Waals surface area contributed by atoms with E-state index in [1.54, 1.807) is 0 Å². The second-order valence-electron chi connectivity index (χ2n) is 6.32. The van der Waals surface area contributed by atoms with Crippen molar-refractivity contribution in [3.05, 3.63) is 47.0 Å². The first-order valence-electron chi connectivity index (χ1n) is 8.53. The highest BCUT2D eigenvalue weighted by Crippen LogP contribution is 2.37. The maximum absolute atomic E-state index is 12.0. The molecule has 5 nitrogen and oxygen atoms in total. The Balaban J connectivity index is 2.06. The third-order valence-corrected chi connectivity index (χ3v) is 5.07. The number of ether oxygens (including phenoxy) is 1. The average molecular weight is 374 g/mol. The first kappa shape index (κ1) is 18.3. The van der Waals surface area contributed by atoms with Crippen LogP contribution in [0.3, 0.4) is 0 Å². The molecule has 0 radical (unpaired) electrons. The number of benzene rings is 2. The van der Waals surface area contributed by atoms with Gasteiger partial charge in [0.25, 0.3) is 0 Å². The van der Waals surface area contributed by atoms with Gasteiger partial charge in [0.15, 0.2) is 0 Å². The quantitative estimate of drug-likeness (QED) is 0.470. The minimum Gasteiger partial charge on any atom is -0.481 e. The molecule has 0 amide bonds. The van der Waals surface area contributed by atoms with Crippen molar-refractivity contribution in [2.24, 2.45) is 0 Å². The summed E-state index contributed by atoms with van der Waals surface area (Å²) in [6.07, 6.45) is 0.452. The van der Waals surface area contributed by atoms with Crippen molar-refractivity contribution in [1.82, 2.24) is 4.98 Å². The lowest BCUT2D eigenvalue weighted by Crippen LogP contribution is -2.32. The summed E-state index contributed by atoms with van der Waals surface area (Å²) in [4.78, 5) is 26.1. The van der Waals surface area contributed by atoms with E-state index in [0.717, 1.165) is 27.4 Å². The molecule has 0 unspecified atom stereocenters. The van der Waals surface area contributed by atoms with Crippen molar-refractivity contribution in [3.63, 3.8) is 0 Å². The van der Waals surface area contributed by atoms with Gasteiger partial charge in [0.2, 0.25) is 0 Å². The number of aliphatic carboxylic acids is 1. The highest BCUT2D eigenvalue weighted by molar-refractivity contribution is 6.31. The van der Waals surface area contributed by atoms with Gasteiger partial charge in [0, 0.05) is 26.8 Å². The molecule has 26 heavy (non-hydrogen) atoms. The Morgan fingerprint density at radius 3 is 2.46 bits per heavy atom. The normalized spacial score (nSPS) is 11.8. The molecule has 6 heteroatoms. The van der Waals surface area contributed by atoms with E-state index in [-0.39, 0.29) is 0 Å². The fourth-order valence-corrected chi connectivity index (χ4v) is 3.57. The Hall–Kier alpha value is -2.53. The van der Waals surface area contributed by atoms with E-state index in [1.165, 1.54) is 0 Å². The van der Waals surface area contributed by atoms with Gasteiger partial charge in [-0.2, -0.15) is 0 Å². The topological polar surface area (TPSA) is 79.4 Å². The van der Waals surface area contributed by atoms with Crippen molar-refractivity contribution >= 4 is 45.3 Å². The molecular weight excluding hydrogens is 354 g/mol. The van der Waals surface area contributed by atoms with E-state index >= 15 is 0 Å². The van der Waals surface area contributed by atoms with Gasteiger partial charge < -0.3 is 14.8 Å². The number of carbonyl (C=O) groups excluding carboxylic acids is 1. The number of fused-ring (bicyclic) bond motifs is 3. The molecule has 2 N–H and O–H groups in total. The van der Waals surface area contributed by atoms with Crippen LogP contribution in [0.25, 0.3) is 21.8 Å². The highest BCUT2D eigenvalue weighted by Gasteiger charge is 2.33. The van der Waals surface area contributed by atoms with Gasteiger partial charge in [-0.1, -0.05) is 37.6 Å². The third-order valence-electron chi connectivity index (χ3n) is 4.83. The minimum atomic E-state index is -1.20. The summed E-state index contributed by atoms with van der Waals surface area (Å²) in [5, 5.41) is 11.6. The summed E-state index contributed by atoms with van der Waals surface area (Å²) in [6, 6.07) is 11.5. The zero-order chi connectivity index (χ0) is 18.9. The number of esters is 1. The van der Waals surface area contributed by atoms with Crippen LogP contribution in [0.5, 0.6) is 0 Å². The summed E-state index contributed by atoms with van der Waals surface area (Å²) in [7, 11) is 0. The average Bonchev–Trinajstić information content (AvgIpc) is 2.96. The van der Waals surface area contributed by atoms with Crippen molar-refractivity contribution in [3.8, 4) is 0 Å². The standard InChI is InChI=1S/C20H20ClNO4/c1-3-20(4-2,26-19(25)11-18(23)24)12-5-7-14-15-10-13(21)6-8-16(15)22-17(14)9-12/h5-10,22H,3-4,11H2,1-2H3,(H,23,24). The van der Waals surface area contributed by atoms with E-state index < -0.39 is 24.0 Å². The molecule has 1 heterocycles. The van der Waals surface area contributed by atoms with Crippen molar-refractivity contribution in [2.75, 3.05) is 0 Å². The van der Waals surface area contributed by atoms with Crippen LogP contribution in [0.4, 0.5) is 0 Å². The van der Waals surface area contributed by atoms with Gasteiger partial charge in [-0.3, -0.25) is 9.59 Å². The zero-order valence-corrected chi connectivity index (χ0v) is 15.4. The van der Waals surface area contributed by atoms with Gasteiger partial charge in [-0.15, -0.1) is 0 Å². The van der Waals surface area contributed by atoms with E-state index in [2.05, 4.69) is 4.98 Å². The maximum Gasteiger partial charge on any atom is 0.318 e. The fourth-order valence-electron chi connectivity index (χ4n) is 3.40. The molecule has 2 aromatic carbocycles. The lowest BCUT2D eigenvalue weighted by atomic mass is 9.87. The van der Waals surface area contributed by atoms with Crippen LogP contribution in [0.15, 0.2) is 36.4 Å². The lowest BCUT2D eigenvalue weighted by Gasteiger charge is -2.32. The Morgan fingerprint density at radius 2 is 1.81 bits per heavy atom. The molecule has 1 aromatic heterocycles. The number of rotatable bonds is 6. The number of hydrogen-bond acceptors (Lipinski definition) is 3. The molecule has 0 saturated heterocycles. The molecule has 136 valence electrons. The summed E-state index contributed by atoms with van der Waals surface area (Å²) >= 11 is 6.10. The molecule has 3 aromatic rings. The fraction of sp³-hybridized carbons (Fsp3) is 0.300. The molecule has 0 fully saturated rings. The molecule has 0 spiro atoms. The molecule has 0 saturated carbocycles. The number of hydrogen-bond donors (Lipinski definition) is 2. The number of nitrogens with one attached hydrogen (secondary N) is 1. The molecule has 0 atom stereocenters. The molecule has 3 rings (SSSR count). The lowest BCUT2D eigenvalue weighted by molar-refractivity contribution is -0.165. The number of aromatic amines is 1. The Bertz CT molecular complexity index is 988. The van der Waals surface area contributed by atoms with E-state index in [4.69, 9.17) is 21.4 Å². The van der Waals surface area contributed by atoms with Crippen LogP contribution < -0.4 is 0 Å². The van der Waals surface area contributed by atoms with Crippen LogP contribution in [-0.4, -0.2) is 22.0 Å². The number of halogens is 1. The van der Waals surface area contributed by atoms with Gasteiger partial charge in [-0.05, 0) is 42.7 Å². The summed E-state index contributed by atoms with van der Waals surface area (Å²) < 4.78 is 5.62. The Kier molecular flexibility index (Phi) is 4.92. The minimum absolute atomic E-state index is 0.548. The predicted molar refractivity (Wildman–Crippen MR) is 101 cm³/mol. The number of carboxylic acid groups (broad SMARTS) is 1. The van der Waals surface area contributed by atoms with E-state index in [0.29, 0.717) is 17.9 Å². The second-order valence-corrected chi connectivity index (χ2v) is 6.76. The SMILES string of the molecule is CCC(CC)(OC(=O)CC(=O)O)c1ccc2c(c1)[nH]c1ccc(Cl)cc12. The number of carboxylic acids is 1.